The highest BCUT2D eigenvalue weighted by atomic mass is 32.2. The Morgan fingerprint density at radius 2 is 1.90 bits per heavy atom. The van der Waals surface area contributed by atoms with E-state index < -0.39 is 10.8 Å². The highest BCUT2D eigenvalue weighted by Crippen LogP contribution is 2.21. The Morgan fingerprint density at radius 3 is 2.50 bits per heavy atom. The topological polar surface area (TPSA) is 43.4 Å². The van der Waals surface area contributed by atoms with Crippen molar-refractivity contribution in [3.05, 3.63) is 34.4 Å². The second kappa shape index (κ2) is 6.19. The fourth-order valence-corrected chi connectivity index (χ4v) is 4.13. The predicted molar refractivity (Wildman–Crippen MR) is 81.8 cm³/mol. The van der Waals surface area contributed by atoms with Crippen LogP contribution in [0.15, 0.2) is 12.1 Å². The minimum Gasteiger partial charge on any atom is -0.377 e. The lowest BCUT2D eigenvalue weighted by atomic mass is 9.99. The van der Waals surface area contributed by atoms with Gasteiger partial charge in [0.25, 0.3) is 0 Å². The van der Waals surface area contributed by atoms with Gasteiger partial charge in [-0.3, -0.25) is 9.00 Å². The molecule has 3 unspecified atom stereocenters. The molecule has 110 valence electrons. The zero-order chi connectivity index (χ0) is 14.9. The summed E-state index contributed by atoms with van der Waals surface area (Å²) in [6.07, 6.45) is 0.775. The lowest BCUT2D eigenvalue weighted by Gasteiger charge is -2.14. The van der Waals surface area contributed by atoms with Gasteiger partial charge < -0.3 is 4.74 Å². The Bertz CT molecular complexity index is 551. The molecule has 0 amide bonds. The molecule has 3 atom stereocenters. The lowest BCUT2D eigenvalue weighted by molar-refractivity contribution is 0.102. The maximum absolute atomic E-state index is 12.4. The van der Waals surface area contributed by atoms with Crippen LogP contribution in [0.2, 0.25) is 0 Å². The van der Waals surface area contributed by atoms with Gasteiger partial charge in [0, 0.05) is 23.0 Å². The minimum atomic E-state index is -1.15. The molecule has 4 heteroatoms. The normalized spacial score (nSPS) is 23.8. The third-order valence-electron chi connectivity index (χ3n) is 4.06. The Balaban J connectivity index is 2.12. The first-order valence-electron chi connectivity index (χ1n) is 7.00. The van der Waals surface area contributed by atoms with Crippen LogP contribution in [0.1, 0.15) is 40.4 Å². The van der Waals surface area contributed by atoms with E-state index in [1.165, 1.54) is 5.56 Å². The molecule has 1 saturated heterocycles. The zero-order valence-electron chi connectivity index (χ0n) is 12.6. The molecule has 1 aromatic rings. The number of hydrogen-bond donors (Lipinski definition) is 0. The summed E-state index contributed by atoms with van der Waals surface area (Å²) in [5.74, 6) is 0.0739. The molecule has 1 aliphatic heterocycles. The summed E-state index contributed by atoms with van der Waals surface area (Å²) in [7, 11) is -1.15. The van der Waals surface area contributed by atoms with Crippen molar-refractivity contribution in [3.8, 4) is 0 Å². The van der Waals surface area contributed by atoms with E-state index in [2.05, 4.69) is 0 Å². The molecule has 2 rings (SSSR count). The van der Waals surface area contributed by atoms with Gasteiger partial charge in [-0.25, -0.2) is 0 Å². The highest BCUT2D eigenvalue weighted by Gasteiger charge is 2.31. The van der Waals surface area contributed by atoms with Crippen molar-refractivity contribution in [2.75, 3.05) is 12.4 Å². The highest BCUT2D eigenvalue weighted by molar-refractivity contribution is 7.86. The molecule has 0 aliphatic carbocycles. The first-order chi connectivity index (χ1) is 9.40. The van der Waals surface area contributed by atoms with Crippen molar-refractivity contribution < 1.29 is 13.7 Å². The maximum Gasteiger partial charge on any atom is 0.175 e. The summed E-state index contributed by atoms with van der Waals surface area (Å²) >= 11 is 0. The molecule has 0 bridgehead atoms. The molecule has 0 saturated carbocycles. The fourth-order valence-electron chi connectivity index (χ4n) is 2.63. The predicted octanol–water partition coefficient (Wildman–Crippen LogP) is 2.72. The van der Waals surface area contributed by atoms with Crippen LogP contribution in [0.25, 0.3) is 0 Å². The van der Waals surface area contributed by atoms with Gasteiger partial charge in [-0.2, -0.15) is 0 Å². The third kappa shape index (κ3) is 3.18. The van der Waals surface area contributed by atoms with Crippen molar-refractivity contribution in [1.29, 1.82) is 0 Å². The summed E-state index contributed by atoms with van der Waals surface area (Å²) in [6, 6.07) is 3.94. The van der Waals surface area contributed by atoms with E-state index in [0.29, 0.717) is 12.2 Å². The van der Waals surface area contributed by atoms with Crippen LogP contribution in [0, 0.1) is 20.8 Å². The summed E-state index contributed by atoms with van der Waals surface area (Å²) in [6.45, 7) is 8.54. The van der Waals surface area contributed by atoms with Gasteiger partial charge in [-0.05, 0) is 56.9 Å². The standard InChI is InChI=1S/C16H22O3S/c1-10-7-12(3)14(8-11(10)2)15(17)9-20(18)16-5-6-19-13(16)4/h7-8,13,16H,5-6,9H2,1-4H3. The smallest absolute Gasteiger partial charge is 0.175 e. The number of carbonyl (C=O) groups excluding carboxylic acids is 1. The number of benzene rings is 1. The van der Waals surface area contributed by atoms with Gasteiger partial charge >= 0.3 is 0 Å². The minimum absolute atomic E-state index is 0.00852. The van der Waals surface area contributed by atoms with Crippen LogP contribution in [0.4, 0.5) is 0 Å². The Hall–Kier alpha value is -1.00. The van der Waals surface area contributed by atoms with Crippen LogP contribution < -0.4 is 0 Å². The van der Waals surface area contributed by atoms with Crippen LogP contribution in [0.5, 0.6) is 0 Å². The fraction of sp³-hybridized carbons (Fsp3) is 0.562. The summed E-state index contributed by atoms with van der Waals surface area (Å²) in [5, 5.41) is -0.00852. The first-order valence-corrected chi connectivity index (χ1v) is 8.38. The molecule has 0 aromatic heterocycles. The Labute approximate surface area is 123 Å². The second-order valence-corrected chi connectivity index (χ2v) is 7.26. The van der Waals surface area contributed by atoms with Crippen molar-refractivity contribution >= 4 is 16.6 Å². The van der Waals surface area contributed by atoms with Crippen LogP contribution in [0.3, 0.4) is 0 Å². The zero-order valence-corrected chi connectivity index (χ0v) is 13.4. The Kier molecular flexibility index (Phi) is 4.76. The number of ketones is 1. The molecular weight excluding hydrogens is 272 g/mol. The van der Waals surface area contributed by atoms with Crippen LogP contribution in [-0.2, 0) is 15.5 Å². The van der Waals surface area contributed by atoms with Gasteiger partial charge in [-0.15, -0.1) is 0 Å². The molecule has 3 nitrogen and oxygen atoms in total. The van der Waals surface area contributed by atoms with Crippen LogP contribution in [-0.4, -0.2) is 33.7 Å². The second-order valence-electron chi connectivity index (χ2n) is 5.60. The number of carbonyl (C=O) groups is 1. The summed E-state index contributed by atoms with van der Waals surface area (Å²) < 4.78 is 17.7. The number of aryl methyl sites for hydroxylation is 3. The number of rotatable bonds is 4. The molecule has 0 N–H and O–H groups in total. The SMILES string of the molecule is Cc1cc(C)c(C(=O)CS(=O)C2CCOC2C)cc1C. The van der Waals surface area contributed by atoms with Gasteiger partial charge in [0.05, 0.1) is 17.1 Å². The average Bonchev–Trinajstić information content (AvgIpc) is 2.80. The number of Topliss-reactive ketones (excluding diaryl/α,β-unsaturated/α-hetero) is 1. The van der Waals surface area contributed by atoms with Gasteiger partial charge in [0.15, 0.2) is 5.78 Å². The molecular formula is C16H22O3S. The Morgan fingerprint density at radius 1 is 1.25 bits per heavy atom. The quantitative estimate of drug-likeness (QED) is 0.802. The molecule has 0 spiro atoms. The molecule has 1 aromatic carbocycles. The number of hydrogen-bond acceptors (Lipinski definition) is 3. The van der Waals surface area contributed by atoms with Gasteiger partial charge in [0.1, 0.15) is 0 Å². The number of ether oxygens (including phenoxy) is 1. The van der Waals surface area contributed by atoms with E-state index in [1.54, 1.807) is 0 Å². The monoisotopic (exact) mass is 294 g/mol. The van der Waals surface area contributed by atoms with Crippen molar-refractivity contribution in [2.24, 2.45) is 0 Å². The molecule has 1 heterocycles. The molecule has 0 radical (unpaired) electrons. The first kappa shape index (κ1) is 15.4. The van der Waals surface area contributed by atoms with E-state index in [9.17, 15) is 9.00 Å². The largest absolute Gasteiger partial charge is 0.377 e. The third-order valence-corrected chi connectivity index (χ3v) is 5.90. The molecule has 1 aliphatic rings. The summed E-state index contributed by atoms with van der Waals surface area (Å²) in [5.41, 5.74) is 3.94. The van der Waals surface area contributed by atoms with Crippen LogP contribution >= 0.6 is 0 Å². The average molecular weight is 294 g/mol. The molecule has 20 heavy (non-hydrogen) atoms. The van der Waals surface area contributed by atoms with Gasteiger partial charge in [0.2, 0.25) is 0 Å². The summed E-state index contributed by atoms with van der Waals surface area (Å²) in [4.78, 5) is 12.4. The van der Waals surface area contributed by atoms with E-state index in [-0.39, 0.29) is 22.9 Å². The van der Waals surface area contributed by atoms with Crippen molar-refractivity contribution in [2.45, 2.75) is 45.5 Å². The van der Waals surface area contributed by atoms with Gasteiger partial charge in [-0.1, -0.05) is 6.07 Å². The van der Waals surface area contributed by atoms with Crippen molar-refractivity contribution in [1.82, 2.24) is 0 Å². The van der Waals surface area contributed by atoms with E-state index in [1.807, 2.05) is 39.8 Å². The van der Waals surface area contributed by atoms with Crippen molar-refractivity contribution in [3.63, 3.8) is 0 Å². The molecule has 1 fully saturated rings. The van der Waals surface area contributed by atoms with E-state index in [4.69, 9.17) is 4.74 Å². The lowest BCUT2D eigenvalue weighted by Crippen LogP contribution is -2.28. The van der Waals surface area contributed by atoms with E-state index in [0.717, 1.165) is 17.5 Å². The maximum atomic E-state index is 12.4. The van der Waals surface area contributed by atoms with E-state index >= 15 is 0 Å².